The molecule has 0 atom stereocenters. The van der Waals surface area contributed by atoms with E-state index in [1.807, 2.05) is 0 Å². The highest BCUT2D eigenvalue weighted by molar-refractivity contribution is 6.66. The fraction of sp³-hybridized carbons (Fsp3) is 0.600. The first-order valence-electron chi connectivity index (χ1n) is 2.79. The average molecular weight is 163 g/mol. The maximum absolute atomic E-state index is 5.16. The maximum Gasteiger partial charge on any atom is 0.530 e. The van der Waals surface area contributed by atoms with Crippen molar-refractivity contribution in [3.05, 3.63) is 11.9 Å². The molecule has 0 aliphatic rings. The average Bonchev–Trinajstić information content (AvgIpc) is 2.01. The Labute approximate surface area is 61.9 Å². The van der Waals surface area contributed by atoms with Crippen molar-refractivity contribution in [2.24, 2.45) is 5.73 Å². The lowest BCUT2D eigenvalue weighted by atomic mass is 11.1. The molecule has 0 spiro atoms. The van der Waals surface area contributed by atoms with Crippen LogP contribution in [-0.2, 0) is 13.3 Å². The molecule has 0 aromatic heterocycles. The predicted octanol–water partition coefficient (Wildman–Crippen LogP) is -0.124. The Hall–Kier alpha value is -0.363. The molecule has 0 radical (unpaired) electrons. The van der Waals surface area contributed by atoms with Crippen LogP contribution in [0.4, 0.5) is 0 Å². The zero-order valence-electron chi connectivity index (χ0n) is 6.46. The third kappa shape index (κ3) is 2.11. The van der Waals surface area contributed by atoms with Crippen LogP contribution in [0.3, 0.4) is 0 Å². The van der Waals surface area contributed by atoms with E-state index in [-0.39, 0.29) is 0 Å². The lowest BCUT2D eigenvalue weighted by molar-refractivity contribution is 0.138. The van der Waals surface area contributed by atoms with Gasteiger partial charge in [-0.1, -0.05) is 0 Å². The van der Waals surface area contributed by atoms with E-state index in [1.165, 1.54) is 27.5 Å². The second kappa shape index (κ2) is 4.45. The summed E-state index contributed by atoms with van der Waals surface area (Å²) in [5.41, 5.74) is 6.76. The highest BCUT2D eigenvalue weighted by Gasteiger charge is 2.34. The van der Waals surface area contributed by atoms with Gasteiger partial charge in [0, 0.05) is 27.0 Å². The third-order valence-corrected chi connectivity index (χ3v) is 3.46. The smallest absolute Gasteiger partial charge is 0.405 e. The van der Waals surface area contributed by atoms with Crippen LogP contribution >= 0.6 is 0 Å². The minimum atomic E-state index is -2.52. The van der Waals surface area contributed by atoms with Crippen LogP contribution in [-0.4, -0.2) is 30.1 Å². The standard InChI is InChI=1S/C5H13NO3Si/c1-7-10(8-2,9-3)5-4-6/h4-5H,6H2,1-3H3/b5-4+. The zero-order chi connectivity index (χ0) is 8.04. The molecule has 0 heterocycles. The van der Waals surface area contributed by atoms with Gasteiger partial charge in [-0.25, -0.2) is 0 Å². The van der Waals surface area contributed by atoms with Gasteiger partial charge >= 0.3 is 8.80 Å². The van der Waals surface area contributed by atoms with E-state index in [4.69, 9.17) is 19.0 Å². The first kappa shape index (κ1) is 9.64. The van der Waals surface area contributed by atoms with E-state index in [9.17, 15) is 0 Å². The molecule has 4 nitrogen and oxygen atoms in total. The Morgan fingerprint density at radius 2 is 1.50 bits per heavy atom. The molecule has 0 aliphatic heterocycles. The molecule has 2 N–H and O–H groups in total. The Morgan fingerprint density at radius 3 is 1.60 bits per heavy atom. The minimum absolute atomic E-state index is 1.36. The lowest BCUT2D eigenvalue weighted by Crippen LogP contribution is -2.41. The van der Waals surface area contributed by atoms with Crippen LogP contribution in [0.25, 0.3) is 0 Å². The number of nitrogens with two attached hydrogens (primary N) is 1. The maximum atomic E-state index is 5.16. The van der Waals surface area contributed by atoms with Crippen LogP contribution in [0.1, 0.15) is 0 Å². The first-order chi connectivity index (χ1) is 4.74. The molecular formula is C5H13NO3Si. The van der Waals surface area contributed by atoms with Gasteiger partial charge in [-0.05, 0) is 6.20 Å². The Morgan fingerprint density at radius 1 is 1.10 bits per heavy atom. The SMILES string of the molecule is CO[Si](/C=C/N)(OC)OC. The van der Waals surface area contributed by atoms with Gasteiger partial charge in [-0.2, -0.15) is 0 Å². The molecule has 0 fully saturated rings. The zero-order valence-corrected chi connectivity index (χ0v) is 7.46. The normalized spacial score (nSPS) is 12.7. The molecule has 0 aromatic rings. The van der Waals surface area contributed by atoms with Crippen molar-refractivity contribution in [2.45, 2.75) is 0 Å². The van der Waals surface area contributed by atoms with Crippen molar-refractivity contribution >= 4 is 8.80 Å². The van der Waals surface area contributed by atoms with Crippen LogP contribution in [0.5, 0.6) is 0 Å². The molecule has 5 heteroatoms. The summed E-state index contributed by atoms with van der Waals surface area (Å²) in [4.78, 5) is 0. The van der Waals surface area contributed by atoms with Crippen molar-refractivity contribution in [3.63, 3.8) is 0 Å². The Kier molecular flexibility index (Phi) is 4.29. The van der Waals surface area contributed by atoms with Crippen LogP contribution in [0.2, 0.25) is 0 Å². The highest BCUT2D eigenvalue weighted by Crippen LogP contribution is 2.05. The molecule has 0 amide bonds. The van der Waals surface area contributed by atoms with E-state index < -0.39 is 8.80 Å². The predicted molar refractivity (Wildman–Crippen MR) is 40.1 cm³/mol. The summed E-state index contributed by atoms with van der Waals surface area (Å²) >= 11 is 0. The van der Waals surface area contributed by atoms with Crippen LogP contribution in [0, 0.1) is 0 Å². The molecule has 0 saturated carbocycles. The molecule has 0 aliphatic carbocycles. The minimum Gasteiger partial charge on any atom is -0.405 e. The monoisotopic (exact) mass is 163 g/mol. The molecule has 60 valence electrons. The third-order valence-electron chi connectivity index (χ3n) is 1.15. The highest BCUT2D eigenvalue weighted by atomic mass is 28.4. The molecule has 0 aromatic carbocycles. The fourth-order valence-electron chi connectivity index (χ4n) is 0.572. The molecule has 0 bridgehead atoms. The summed E-state index contributed by atoms with van der Waals surface area (Å²) in [7, 11) is 2.06. The van der Waals surface area contributed by atoms with E-state index in [2.05, 4.69) is 0 Å². The second-order valence-electron chi connectivity index (χ2n) is 1.58. The van der Waals surface area contributed by atoms with E-state index in [0.29, 0.717) is 0 Å². The summed E-state index contributed by atoms with van der Waals surface area (Å²) in [6, 6.07) is 0. The molecule has 0 rings (SSSR count). The first-order valence-corrected chi connectivity index (χ1v) is 4.59. The summed E-state index contributed by atoms with van der Waals surface area (Å²) in [5, 5.41) is 0. The van der Waals surface area contributed by atoms with E-state index in [0.717, 1.165) is 0 Å². The van der Waals surface area contributed by atoms with Gasteiger partial charge in [0.25, 0.3) is 0 Å². The van der Waals surface area contributed by atoms with Gasteiger partial charge in [0.2, 0.25) is 0 Å². The van der Waals surface area contributed by atoms with Crippen LogP contribution in [0.15, 0.2) is 11.9 Å². The summed E-state index contributed by atoms with van der Waals surface area (Å²) in [6.07, 6.45) is 1.36. The summed E-state index contributed by atoms with van der Waals surface area (Å²) in [5.74, 6) is 0. The second-order valence-corrected chi connectivity index (χ2v) is 4.34. The molecule has 0 saturated heterocycles. The molecule has 10 heavy (non-hydrogen) atoms. The summed E-state index contributed by atoms with van der Waals surface area (Å²) < 4.78 is 15.0. The van der Waals surface area contributed by atoms with Gasteiger partial charge in [0.15, 0.2) is 0 Å². The van der Waals surface area contributed by atoms with Crippen molar-refractivity contribution in [1.29, 1.82) is 0 Å². The quantitative estimate of drug-likeness (QED) is 0.587. The van der Waals surface area contributed by atoms with Gasteiger partial charge in [0.05, 0.1) is 0 Å². The number of hydrogen-bond donors (Lipinski definition) is 1. The fourth-order valence-corrected chi connectivity index (χ4v) is 1.72. The van der Waals surface area contributed by atoms with Gasteiger partial charge in [0.1, 0.15) is 0 Å². The van der Waals surface area contributed by atoms with E-state index in [1.54, 1.807) is 5.70 Å². The number of rotatable bonds is 4. The largest absolute Gasteiger partial charge is 0.530 e. The molecular weight excluding hydrogens is 150 g/mol. The Bertz CT molecular complexity index is 105. The van der Waals surface area contributed by atoms with Gasteiger partial charge < -0.3 is 19.0 Å². The lowest BCUT2D eigenvalue weighted by Gasteiger charge is -2.19. The Balaban J connectivity index is 4.15. The molecule has 0 unspecified atom stereocenters. The van der Waals surface area contributed by atoms with E-state index >= 15 is 0 Å². The van der Waals surface area contributed by atoms with Gasteiger partial charge in [-0.15, -0.1) is 0 Å². The van der Waals surface area contributed by atoms with Gasteiger partial charge in [-0.3, -0.25) is 0 Å². The van der Waals surface area contributed by atoms with Crippen molar-refractivity contribution in [3.8, 4) is 0 Å². The van der Waals surface area contributed by atoms with Crippen molar-refractivity contribution in [1.82, 2.24) is 0 Å². The van der Waals surface area contributed by atoms with Crippen molar-refractivity contribution in [2.75, 3.05) is 21.3 Å². The van der Waals surface area contributed by atoms with Crippen molar-refractivity contribution < 1.29 is 13.3 Å². The summed E-state index contributed by atoms with van der Waals surface area (Å²) in [6.45, 7) is 0. The number of hydrogen-bond acceptors (Lipinski definition) is 4. The van der Waals surface area contributed by atoms with Crippen LogP contribution < -0.4 is 5.73 Å². The topological polar surface area (TPSA) is 53.7 Å².